The molecule has 7 heteroatoms. The third-order valence-electron chi connectivity index (χ3n) is 4.72. The molecule has 2 aliphatic heterocycles. The van der Waals surface area contributed by atoms with E-state index >= 15 is 0 Å². The van der Waals surface area contributed by atoms with E-state index in [-0.39, 0.29) is 17.8 Å². The van der Waals surface area contributed by atoms with E-state index in [2.05, 4.69) is 0 Å². The zero-order valence-electron chi connectivity index (χ0n) is 16.0. The number of fused-ring (bicyclic) bond motifs is 1. The summed E-state index contributed by atoms with van der Waals surface area (Å²) in [6.45, 7) is 2.24. The first kappa shape index (κ1) is 20.3. The van der Waals surface area contributed by atoms with E-state index in [1.165, 1.54) is 6.08 Å². The Kier molecular flexibility index (Phi) is 7.43. The third-order valence-corrected chi connectivity index (χ3v) is 4.72. The Hall–Kier alpha value is -2.40. The fourth-order valence-electron chi connectivity index (χ4n) is 3.23. The highest BCUT2D eigenvalue weighted by Crippen LogP contribution is 2.29. The molecule has 150 valence electrons. The number of unbranched alkanes of at least 4 members (excludes halogenated alkanes) is 1. The summed E-state index contributed by atoms with van der Waals surface area (Å²) in [5, 5.41) is 9.34. The van der Waals surface area contributed by atoms with Crippen LogP contribution in [0.25, 0.3) is 6.08 Å². The highest BCUT2D eigenvalue weighted by atomic mass is 16.6. The molecule has 0 aliphatic carbocycles. The molecule has 3 unspecified atom stereocenters. The van der Waals surface area contributed by atoms with Crippen molar-refractivity contribution in [2.75, 3.05) is 33.5 Å². The number of esters is 1. The van der Waals surface area contributed by atoms with Crippen LogP contribution in [0.5, 0.6) is 5.75 Å². The lowest BCUT2D eigenvalue weighted by Crippen LogP contribution is -2.32. The fourth-order valence-corrected chi connectivity index (χ4v) is 3.23. The van der Waals surface area contributed by atoms with Crippen molar-refractivity contribution < 1.29 is 28.5 Å². The monoisotopic (exact) mass is 387 g/mol. The van der Waals surface area contributed by atoms with Gasteiger partial charge in [-0.05, 0) is 43.0 Å². The molecule has 7 nitrogen and oxygen atoms in total. The van der Waals surface area contributed by atoms with Crippen molar-refractivity contribution in [2.45, 2.75) is 37.6 Å². The van der Waals surface area contributed by atoms with Crippen molar-refractivity contribution in [1.29, 1.82) is 5.26 Å². The maximum absolute atomic E-state index is 12.4. The average molecular weight is 387 g/mol. The van der Waals surface area contributed by atoms with Crippen LogP contribution >= 0.6 is 0 Å². The molecule has 2 heterocycles. The van der Waals surface area contributed by atoms with E-state index in [4.69, 9.17) is 23.7 Å². The van der Waals surface area contributed by atoms with E-state index < -0.39 is 12.1 Å². The highest BCUT2D eigenvalue weighted by Gasteiger charge is 2.44. The molecule has 0 saturated carbocycles. The SMILES string of the molecule is COCCCCOc1ccc(/C=C(\C#N)C(=O)OC2COC3CCOC32)cc1. The van der Waals surface area contributed by atoms with Crippen LogP contribution in [0.2, 0.25) is 0 Å². The molecule has 1 aromatic rings. The molecule has 0 spiro atoms. The predicted octanol–water partition coefficient (Wildman–Crippen LogP) is 2.50. The Bertz CT molecular complexity index is 723. The van der Waals surface area contributed by atoms with Crippen LogP contribution in [-0.2, 0) is 23.7 Å². The summed E-state index contributed by atoms with van der Waals surface area (Å²) >= 11 is 0. The van der Waals surface area contributed by atoms with Gasteiger partial charge in [0.15, 0.2) is 6.10 Å². The number of carbonyl (C=O) groups excluding carboxylic acids is 1. The van der Waals surface area contributed by atoms with E-state index in [1.807, 2.05) is 18.2 Å². The summed E-state index contributed by atoms with van der Waals surface area (Å²) in [4.78, 5) is 12.4. The smallest absolute Gasteiger partial charge is 0.349 e. The van der Waals surface area contributed by atoms with Crippen molar-refractivity contribution in [2.24, 2.45) is 0 Å². The van der Waals surface area contributed by atoms with E-state index in [9.17, 15) is 10.1 Å². The molecule has 0 amide bonds. The Balaban J connectivity index is 1.53. The summed E-state index contributed by atoms with van der Waals surface area (Å²) in [6, 6.07) is 9.12. The molecule has 0 N–H and O–H groups in total. The van der Waals surface area contributed by atoms with Gasteiger partial charge in [0, 0.05) is 20.3 Å². The van der Waals surface area contributed by atoms with Gasteiger partial charge in [-0.3, -0.25) is 0 Å². The second-order valence-corrected chi connectivity index (χ2v) is 6.73. The van der Waals surface area contributed by atoms with Crippen LogP contribution < -0.4 is 4.74 Å². The number of rotatable bonds is 9. The van der Waals surface area contributed by atoms with E-state index in [0.29, 0.717) is 19.8 Å². The molecule has 1 aromatic carbocycles. The second kappa shape index (κ2) is 10.2. The summed E-state index contributed by atoms with van der Waals surface area (Å²) in [5.74, 6) is 0.0777. The number of hydrogen-bond acceptors (Lipinski definition) is 7. The van der Waals surface area contributed by atoms with Gasteiger partial charge in [-0.1, -0.05) is 12.1 Å². The molecule has 2 aliphatic rings. The second-order valence-electron chi connectivity index (χ2n) is 6.73. The van der Waals surface area contributed by atoms with Gasteiger partial charge in [0.1, 0.15) is 23.5 Å². The lowest BCUT2D eigenvalue weighted by atomic mass is 10.1. The van der Waals surface area contributed by atoms with Gasteiger partial charge in [0.05, 0.1) is 19.3 Å². The van der Waals surface area contributed by atoms with Crippen LogP contribution in [0.15, 0.2) is 29.8 Å². The van der Waals surface area contributed by atoms with Crippen LogP contribution in [0.3, 0.4) is 0 Å². The Labute approximate surface area is 164 Å². The maximum atomic E-state index is 12.4. The zero-order valence-corrected chi connectivity index (χ0v) is 16.0. The largest absolute Gasteiger partial charge is 0.494 e. The molecule has 2 fully saturated rings. The number of hydrogen-bond donors (Lipinski definition) is 0. The number of carbonyl (C=O) groups is 1. The Morgan fingerprint density at radius 3 is 2.79 bits per heavy atom. The first-order chi connectivity index (χ1) is 13.7. The summed E-state index contributed by atoms with van der Waals surface area (Å²) < 4.78 is 27.2. The lowest BCUT2D eigenvalue weighted by Gasteiger charge is -2.16. The minimum Gasteiger partial charge on any atom is -0.494 e. The van der Waals surface area contributed by atoms with Gasteiger partial charge in [0.25, 0.3) is 0 Å². The number of methoxy groups -OCH3 is 1. The molecular weight excluding hydrogens is 362 g/mol. The van der Waals surface area contributed by atoms with E-state index in [0.717, 1.165) is 37.2 Å². The van der Waals surface area contributed by atoms with Gasteiger partial charge in [0.2, 0.25) is 0 Å². The van der Waals surface area contributed by atoms with Crippen LogP contribution in [0, 0.1) is 11.3 Å². The van der Waals surface area contributed by atoms with Crippen molar-refractivity contribution in [3.63, 3.8) is 0 Å². The highest BCUT2D eigenvalue weighted by molar-refractivity contribution is 5.98. The standard InChI is InChI=1S/C21H25NO6/c1-24-9-2-3-10-25-17-6-4-15(5-7-17)12-16(13-22)21(23)28-19-14-27-18-8-11-26-20(18)19/h4-7,12,18-20H,2-3,8-11,14H2,1H3/b16-12+. The van der Waals surface area contributed by atoms with Crippen LogP contribution in [-0.4, -0.2) is 57.8 Å². The summed E-state index contributed by atoms with van der Waals surface area (Å²) in [6.07, 6.45) is 3.46. The minimum absolute atomic E-state index is 0.0191. The Morgan fingerprint density at radius 2 is 2.04 bits per heavy atom. The van der Waals surface area contributed by atoms with Crippen molar-refractivity contribution in [3.05, 3.63) is 35.4 Å². The minimum atomic E-state index is -0.661. The zero-order chi connectivity index (χ0) is 19.8. The van der Waals surface area contributed by atoms with Gasteiger partial charge < -0.3 is 23.7 Å². The van der Waals surface area contributed by atoms with Crippen LogP contribution in [0.1, 0.15) is 24.8 Å². The first-order valence-electron chi connectivity index (χ1n) is 9.49. The molecule has 0 aromatic heterocycles. The van der Waals surface area contributed by atoms with Crippen molar-refractivity contribution in [3.8, 4) is 11.8 Å². The van der Waals surface area contributed by atoms with Gasteiger partial charge >= 0.3 is 5.97 Å². The van der Waals surface area contributed by atoms with Crippen molar-refractivity contribution >= 4 is 12.0 Å². The normalized spacial score (nSPS) is 23.9. The third kappa shape index (κ3) is 5.32. The van der Waals surface area contributed by atoms with Gasteiger partial charge in [-0.25, -0.2) is 4.79 Å². The number of ether oxygens (including phenoxy) is 5. The van der Waals surface area contributed by atoms with E-state index in [1.54, 1.807) is 19.2 Å². The first-order valence-corrected chi connectivity index (χ1v) is 9.49. The molecule has 2 saturated heterocycles. The maximum Gasteiger partial charge on any atom is 0.349 e. The summed E-state index contributed by atoms with van der Waals surface area (Å²) in [7, 11) is 1.68. The molecule has 3 rings (SSSR count). The number of benzene rings is 1. The van der Waals surface area contributed by atoms with Gasteiger partial charge in [-0.2, -0.15) is 5.26 Å². The van der Waals surface area contributed by atoms with Gasteiger partial charge in [-0.15, -0.1) is 0 Å². The van der Waals surface area contributed by atoms with Crippen LogP contribution in [0.4, 0.5) is 0 Å². The number of nitrogens with zero attached hydrogens (tertiary/aromatic N) is 1. The summed E-state index contributed by atoms with van der Waals surface area (Å²) in [5.41, 5.74) is 0.660. The fraction of sp³-hybridized carbons (Fsp3) is 0.524. The molecule has 3 atom stereocenters. The average Bonchev–Trinajstić information content (AvgIpc) is 3.32. The molecule has 0 radical (unpaired) electrons. The predicted molar refractivity (Wildman–Crippen MR) is 101 cm³/mol. The quantitative estimate of drug-likeness (QED) is 0.278. The number of nitriles is 1. The topological polar surface area (TPSA) is 87.0 Å². The molecule has 28 heavy (non-hydrogen) atoms. The lowest BCUT2D eigenvalue weighted by molar-refractivity contribution is -0.148. The van der Waals surface area contributed by atoms with Crippen molar-refractivity contribution in [1.82, 2.24) is 0 Å². The Morgan fingerprint density at radius 1 is 1.25 bits per heavy atom. The molecular formula is C21H25NO6. The molecule has 0 bridgehead atoms.